The number of halogens is 3. The first-order valence-corrected chi connectivity index (χ1v) is 8.03. The molecule has 2 rings (SSSR count). The molecule has 0 aliphatic rings. The Kier molecular flexibility index (Phi) is 5.16. The van der Waals surface area contributed by atoms with Crippen molar-refractivity contribution in [3.63, 3.8) is 0 Å². The summed E-state index contributed by atoms with van der Waals surface area (Å²) in [4.78, 5) is 0. The first kappa shape index (κ1) is 16.9. The number of hydrogen-bond donors (Lipinski definition) is 0. The monoisotopic (exact) mass is 329 g/mol. The van der Waals surface area contributed by atoms with Crippen LogP contribution in [0.15, 0.2) is 29.4 Å². The molecular weight excluding hydrogens is 311 g/mol. The average Bonchev–Trinajstić information content (AvgIpc) is 2.87. The van der Waals surface area contributed by atoms with Gasteiger partial charge in [-0.3, -0.25) is 0 Å². The SMILES string of the molecule is CCn1c(SCc2cccc(C(F)(F)F)c2)nnc1C(C)C. The van der Waals surface area contributed by atoms with Crippen LogP contribution in [-0.2, 0) is 18.5 Å². The molecule has 22 heavy (non-hydrogen) atoms. The molecule has 0 atom stereocenters. The van der Waals surface area contributed by atoms with Gasteiger partial charge < -0.3 is 4.57 Å². The largest absolute Gasteiger partial charge is 0.416 e. The van der Waals surface area contributed by atoms with Crippen molar-refractivity contribution in [1.29, 1.82) is 0 Å². The maximum Gasteiger partial charge on any atom is 0.416 e. The minimum atomic E-state index is -4.31. The molecule has 1 heterocycles. The van der Waals surface area contributed by atoms with Crippen LogP contribution in [0.3, 0.4) is 0 Å². The van der Waals surface area contributed by atoms with Crippen LogP contribution < -0.4 is 0 Å². The van der Waals surface area contributed by atoms with Crippen molar-refractivity contribution >= 4 is 11.8 Å². The second-order valence-corrected chi connectivity index (χ2v) is 6.17. The van der Waals surface area contributed by atoms with Gasteiger partial charge in [0.15, 0.2) is 5.16 Å². The predicted octanol–water partition coefficient (Wildman–Crippen LogP) is 4.73. The number of aromatic nitrogens is 3. The van der Waals surface area contributed by atoms with Gasteiger partial charge in [0.1, 0.15) is 5.82 Å². The Balaban J connectivity index is 2.14. The zero-order valence-corrected chi connectivity index (χ0v) is 13.5. The van der Waals surface area contributed by atoms with E-state index in [-0.39, 0.29) is 5.92 Å². The average molecular weight is 329 g/mol. The van der Waals surface area contributed by atoms with Crippen LogP contribution in [0.4, 0.5) is 13.2 Å². The van der Waals surface area contributed by atoms with Gasteiger partial charge in [-0.1, -0.05) is 43.8 Å². The molecule has 0 aliphatic carbocycles. The molecule has 0 unspecified atom stereocenters. The van der Waals surface area contributed by atoms with Gasteiger partial charge in [-0.2, -0.15) is 13.2 Å². The van der Waals surface area contributed by atoms with Crippen molar-refractivity contribution in [3.05, 3.63) is 41.2 Å². The molecule has 0 radical (unpaired) electrons. The van der Waals surface area contributed by atoms with Crippen LogP contribution in [0.5, 0.6) is 0 Å². The molecule has 0 aliphatic heterocycles. The summed E-state index contributed by atoms with van der Waals surface area (Å²) < 4.78 is 40.1. The molecule has 0 saturated carbocycles. The lowest BCUT2D eigenvalue weighted by Crippen LogP contribution is -2.05. The molecule has 3 nitrogen and oxygen atoms in total. The first-order chi connectivity index (χ1) is 10.3. The van der Waals surface area contributed by atoms with E-state index in [9.17, 15) is 13.2 Å². The summed E-state index contributed by atoms with van der Waals surface area (Å²) in [6.07, 6.45) is -4.31. The fourth-order valence-electron chi connectivity index (χ4n) is 2.12. The second-order valence-electron chi connectivity index (χ2n) is 5.23. The van der Waals surface area contributed by atoms with Crippen molar-refractivity contribution in [2.24, 2.45) is 0 Å². The lowest BCUT2D eigenvalue weighted by Gasteiger charge is -2.10. The number of thioether (sulfide) groups is 1. The van der Waals surface area contributed by atoms with Crippen molar-refractivity contribution in [3.8, 4) is 0 Å². The van der Waals surface area contributed by atoms with E-state index in [1.165, 1.54) is 23.9 Å². The Morgan fingerprint density at radius 2 is 1.95 bits per heavy atom. The summed E-state index contributed by atoms with van der Waals surface area (Å²) in [5.41, 5.74) is 0.00185. The number of nitrogens with zero attached hydrogens (tertiary/aromatic N) is 3. The third-order valence-corrected chi connectivity index (χ3v) is 4.24. The van der Waals surface area contributed by atoms with Crippen molar-refractivity contribution in [2.75, 3.05) is 0 Å². The summed E-state index contributed by atoms with van der Waals surface area (Å²) in [6.45, 7) is 6.82. The Morgan fingerprint density at radius 1 is 1.23 bits per heavy atom. The molecule has 0 saturated heterocycles. The van der Waals surface area contributed by atoms with Gasteiger partial charge in [0.05, 0.1) is 5.56 Å². The van der Waals surface area contributed by atoms with E-state index in [4.69, 9.17) is 0 Å². The Bertz CT molecular complexity index is 635. The molecule has 1 aromatic carbocycles. The molecule has 1 aromatic heterocycles. The highest BCUT2D eigenvalue weighted by atomic mass is 32.2. The van der Waals surface area contributed by atoms with Gasteiger partial charge in [-0.05, 0) is 18.6 Å². The van der Waals surface area contributed by atoms with Gasteiger partial charge in [-0.15, -0.1) is 10.2 Å². The van der Waals surface area contributed by atoms with Crippen LogP contribution in [0.1, 0.15) is 43.6 Å². The smallest absolute Gasteiger partial charge is 0.306 e. The van der Waals surface area contributed by atoms with Gasteiger partial charge in [0.25, 0.3) is 0 Å². The van der Waals surface area contributed by atoms with Crippen LogP contribution in [0.25, 0.3) is 0 Å². The molecule has 0 bridgehead atoms. The van der Waals surface area contributed by atoms with E-state index >= 15 is 0 Å². The van der Waals surface area contributed by atoms with Crippen molar-refractivity contribution < 1.29 is 13.2 Å². The van der Waals surface area contributed by atoms with E-state index in [1.807, 2.05) is 25.3 Å². The maximum atomic E-state index is 12.7. The van der Waals surface area contributed by atoms with Gasteiger partial charge in [0, 0.05) is 18.2 Å². The quantitative estimate of drug-likeness (QED) is 0.743. The van der Waals surface area contributed by atoms with E-state index in [2.05, 4.69) is 10.2 Å². The highest BCUT2D eigenvalue weighted by molar-refractivity contribution is 7.98. The molecule has 0 N–H and O–H groups in total. The molecule has 0 amide bonds. The summed E-state index contributed by atoms with van der Waals surface area (Å²) in [5.74, 6) is 1.59. The molecule has 0 spiro atoms. The molecule has 2 aromatic rings. The molecular formula is C15H18F3N3S. The van der Waals surface area contributed by atoms with Crippen LogP contribution in [0, 0.1) is 0 Å². The topological polar surface area (TPSA) is 30.7 Å². The van der Waals surface area contributed by atoms with Crippen LogP contribution >= 0.6 is 11.8 Å². The summed E-state index contributed by atoms with van der Waals surface area (Å²) in [7, 11) is 0. The maximum absolute atomic E-state index is 12.7. The molecule has 0 fully saturated rings. The van der Waals surface area contributed by atoms with Gasteiger partial charge in [0.2, 0.25) is 0 Å². The summed E-state index contributed by atoms with van der Waals surface area (Å²) >= 11 is 1.40. The first-order valence-electron chi connectivity index (χ1n) is 7.05. The molecule has 7 heteroatoms. The minimum absolute atomic E-state index is 0.260. The number of hydrogen-bond acceptors (Lipinski definition) is 3. The standard InChI is InChI=1S/C15H18F3N3S/c1-4-21-13(10(2)3)19-20-14(21)22-9-11-6-5-7-12(8-11)15(16,17)18/h5-8,10H,4,9H2,1-3H3. The highest BCUT2D eigenvalue weighted by Gasteiger charge is 2.30. The Morgan fingerprint density at radius 3 is 2.55 bits per heavy atom. The Hall–Kier alpha value is -1.50. The Labute approximate surface area is 131 Å². The minimum Gasteiger partial charge on any atom is -0.306 e. The lowest BCUT2D eigenvalue weighted by atomic mass is 10.1. The summed E-state index contributed by atoms with van der Waals surface area (Å²) in [5, 5.41) is 9.06. The zero-order valence-electron chi connectivity index (χ0n) is 12.7. The fraction of sp³-hybridized carbons (Fsp3) is 0.467. The fourth-order valence-corrected chi connectivity index (χ4v) is 3.07. The lowest BCUT2D eigenvalue weighted by molar-refractivity contribution is -0.137. The van der Waals surface area contributed by atoms with Crippen molar-refractivity contribution in [1.82, 2.24) is 14.8 Å². The second kappa shape index (κ2) is 6.73. The van der Waals surface area contributed by atoms with Crippen LogP contribution in [0.2, 0.25) is 0 Å². The van der Waals surface area contributed by atoms with E-state index in [0.717, 1.165) is 23.6 Å². The third-order valence-electron chi connectivity index (χ3n) is 3.20. The summed E-state index contributed by atoms with van der Waals surface area (Å²) in [6, 6.07) is 5.39. The normalized spacial score (nSPS) is 12.1. The van der Waals surface area contributed by atoms with E-state index in [0.29, 0.717) is 11.3 Å². The molecule has 120 valence electrons. The predicted molar refractivity (Wildman–Crippen MR) is 80.8 cm³/mol. The third kappa shape index (κ3) is 3.82. The van der Waals surface area contributed by atoms with Crippen molar-refractivity contribution in [2.45, 2.75) is 50.3 Å². The van der Waals surface area contributed by atoms with Gasteiger partial charge >= 0.3 is 6.18 Å². The van der Waals surface area contributed by atoms with Crippen LogP contribution in [-0.4, -0.2) is 14.8 Å². The highest BCUT2D eigenvalue weighted by Crippen LogP contribution is 2.31. The zero-order chi connectivity index (χ0) is 16.3. The van der Waals surface area contributed by atoms with E-state index < -0.39 is 11.7 Å². The van der Waals surface area contributed by atoms with Gasteiger partial charge in [-0.25, -0.2) is 0 Å². The number of alkyl halides is 3. The number of benzene rings is 1. The van der Waals surface area contributed by atoms with E-state index in [1.54, 1.807) is 6.07 Å². The number of rotatable bonds is 5.